The van der Waals surface area contributed by atoms with Crippen molar-refractivity contribution in [2.75, 3.05) is 32.5 Å². The Hall–Kier alpha value is -2.04. The number of rotatable bonds is 7. The molecule has 1 atom stereocenters. The molecule has 3 amide bonds. The number of nitrogens with zero attached hydrogens (tertiary/aromatic N) is 3. The van der Waals surface area contributed by atoms with Gasteiger partial charge in [0.05, 0.1) is 16.3 Å². The molecule has 1 aromatic rings. The third-order valence-corrected chi connectivity index (χ3v) is 6.49. The van der Waals surface area contributed by atoms with Crippen LogP contribution in [0.5, 0.6) is 0 Å². The number of hydrogen-bond acceptors (Lipinski definition) is 7. The maximum Gasteiger partial charge on any atom is 0.324 e. The molecule has 0 bridgehead atoms. The summed E-state index contributed by atoms with van der Waals surface area (Å²) in [6, 6.07) is -0.379. The average molecular weight is 425 g/mol. The van der Waals surface area contributed by atoms with Crippen LogP contribution in [0.1, 0.15) is 30.3 Å². The molecule has 0 spiro atoms. The van der Waals surface area contributed by atoms with E-state index in [0.717, 1.165) is 28.4 Å². The summed E-state index contributed by atoms with van der Waals surface area (Å²) in [6.07, 6.45) is 1.29. The van der Waals surface area contributed by atoms with E-state index in [1.54, 1.807) is 6.92 Å². The number of hydrogen-bond donors (Lipinski definition) is 3. The lowest BCUT2D eigenvalue weighted by molar-refractivity contribution is -0.126. The molecule has 2 heterocycles. The van der Waals surface area contributed by atoms with Crippen molar-refractivity contribution in [3.05, 3.63) is 27.5 Å². The van der Waals surface area contributed by atoms with E-state index >= 15 is 0 Å². The molecular weight excluding hydrogens is 396 g/mol. The van der Waals surface area contributed by atoms with Crippen LogP contribution in [-0.4, -0.2) is 59.4 Å². The van der Waals surface area contributed by atoms with Crippen molar-refractivity contribution >= 4 is 45.9 Å². The van der Waals surface area contributed by atoms with E-state index in [0.29, 0.717) is 23.8 Å². The van der Waals surface area contributed by atoms with Gasteiger partial charge in [0.2, 0.25) is 5.91 Å². The van der Waals surface area contributed by atoms with E-state index in [1.165, 1.54) is 28.0 Å². The molecule has 28 heavy (non-hydrogen) atoms. The van der Waals surface area contributed by atoms with Gasteiger partial charge in [-0.15, -0.1) is 0 Å². The van der Waals surface area contributed by atoms with Gasteiger partial charge in [-0.2, -0.15) is 0 Å². The lowest BCUT2D eigenvalue weighted by Gasteiger charge is -2.31. The monoisotopic (exact) mass is 424 g/mol. The molecule has 0 aromatic carbocycles. The first-order chi connectivity index (χ1) is 13.0. The molecule has 8 nitrogen and oxygen atoms in total. The maximum absolute atomic E-state index is 12.7. The lowest BCUT2D eigenvalue weighted by atomic mass is 9.98. The van der Waals surface area contributed by atoms with Crippen molar-refractivity contribution in [1.29, 1.82) is 0 Å². The summed E-state index contributed by atoms with van der Waals surface area (Å²) in [5.41, 5.74) is 12.0. The fraction of sp³-hybridized carbons (Fsp3) is 0.500. The van der Waals surface area contributed by atoms with Crippen molar-refractivity contribution in [1.82, 2.24) is 14.8 Å². The van der Waals surface area contributed by atoms with Crippen molar-refractivity contribution in [3.63, 3.8) is 0 Å². The fourth-order valence-electron chi connectivity index (χ4n) is 3.01. The number of thiazole rings is 1. The second kappa shape index (κ2) is 8.97. The molecule has 0 unspecified atom stereocenters. The number of primary amides is 1. The van der Waals surface area contributed by atoms with Crippen molar-refractivity contribution in [2.45, 2.75) is 32.2 Å². The number of carbonyl (C=O) groups excluding carboxylic acids is 2. The molecule has 0 radical (unpaired) electrons. The van der Waals surface area contributed by atoms with Gasteiger partial charge < -0.3 is 21.3 Å². The van der Waals surface area contributed by atoms with Crippen LogP contribution in [0.3, 0.4) is 0 Å². The summed E-state index contributed by atoms with van der Waals surface area (Å²) in [7, 11) is 3.95. The number of aryl methyl sites for hydroxylation is 1. The largest absolute Gasteiger partial charge is 0.397 e. The third kappa shape index (κ3) is 5.06. The summed E-state index contributed by atoms with van der Waals surface area (Å²) >= 11 is 2.77. The Labute approximate surface area is 174 Å². The number of urea groups is 1. The molecule has 1 saturated heterocycles. The van der Waals surface area contributed by atoms with Gasteiger partial charge in [-0.1, -0.05) is 29.7 Å². The van der Waals surface area contributed by atoms with Crippen LogP contribution >= 0.6 is 23.1 Å². The van der Waals surface area contributed by atoms with E-state index in [1.807, 2.05) is 31.3 Å². The molecule has 10 heteroatoms. The second-order valence-electron chi connectivity index (χ2n) is 7.22. The van der Waals surface area contributed by atoms with Gasteiger partial charge in [0, 0.05) is 18.5 Å². The van der Waals surface area contributed by atoms with Crippen molar-refractivity contribution in [3.8, 4) is 0 Å². The number of carbonyl (C=O) groups is 2. The molecule has 2 rings (SSSR count). The summed E-state index contributed by atoms with van der Waals surface area (Å²) in [6.45, 7) is 8.78. The minimum absolute atomic E-state index is 0.379. The fourth-order valence-corrected chi connectivity index (χ4v) is 4.72. The number of amides is 3. The highest BCUT2D eigenvalue weighted by molar-refractivity contribution is 8.06. The van der Waals surface area contributed by atoms with Gasteiger partial charge in [0.1, 0.15) is 5.54 Å². The number of likely N-dealkylation sites (tertiary alicyclic amines) is 1. The Morgan fingerprint density at radius 2 is 2.14 bits per heavy atom. The van der Waals surface area contributed by atoms with Crippen LogP contribution in [0.2, 0.25) is 0 Å². The summed E-state index contributed by atoms with van der Waals surface area (Å²) in [5.74, 6) is -0.502. The highest BCUT2D eigenvalue weighted by Gasteiger charge is 2.44. The maximum atomic E-state index is 12.7. The predicted octanol–water partition coefficient (Wildman–Crippen LogP) is 2.39. The minimum Gasteiger partial charge on any atom is -0.397 e. The van der Waals surface area contributed by atoms with E-state index in [2.05, 4.69) is 16.9 Å². The van der Waals surface area contributed by atoms with Gasteiger partial charge in [-0.25, -0.2) is 9.78 Å². The number of aromatic nitrogens is 1. The molecule has 1 fully saturated rings. The summed E-state index contributed by atoms with van der Waals surface area (Å²) in [5, 5.41) is 5.04. The Balaban J connectivity index is 2.08. The number of anilines is 1. The lowest BCUT2D eigenvalue weighted by Crippen LogP contribution is -2.55. The standard InChI is InChI=1S/C18H28N6O2S2/c1-11(9-23(4)5)27-10-13(19)14-12(2)21-16(28-14)22-17(26)24-8-6-7-18(24,3)15(20)25/h10H,1,6-9,19H2,2-5H3,(H2,20,25)(H,21,22,26)/b13-10-/t18-/m0/s1. The Morgan fingerprint density at radius 3 is 2.75 bits per heavy atom. The van der Waals surface area contributed by atoms with Crippen LogP contribution < -0.4 is 16.8 Å². The molecular formula is C18H28N6O2S2. The first kappa shape index (κ1) is 22.3. The molecule has 5 N–H and O–H groups in total. The molecule has 0 saturated carbocycles. The van der Waals surface area contributed by atoms with Crippen molar-refractivity contribution in [2.24, 2.45) is 11.5 Å². The molecule has 154 valence electrons. The second-order valence-corrected chi connectivity index (χ2v) is 9.27. The minimum atomic E-state index is -0.971. The zero-order chi connectivity index (χ0) is 21.1. The highest BCUT2D eigenvalue weighted by Crippen LogP contribution is 2.32. The number of thioether (sulfide) groups is 1. The zero-order valence-electron chi connectivity index (χ0n) is 16.7. The topological polar surface area (TPSA) is 118 Å². The van der Waals surface area contributed by atoms with E-state index < -0.39 is 11.4 Å². The smallest absolute Gasteiger partial charge is 0.324 e. The van der Waals surface area contributed by atoms with Crippen LogP contribution in [0.4, 0.5) is 9.93 Å². The van der Waals surface area contributed by atoms with E-state index in [9.17, 15) is 9.59 Å². The van der Waals surface area contributed by atoms with Gasteiger partial charge in [-0.05, 0) is 45.7 Å². The SMILES string of the molecule is C=C(CN(C)C)S/C=C(\N)c1sc(NC(=O)N2CCC[C@@]2(C)C(N)=O)nc1C. The number of nitrogens with one attached hydrogen (secondary N) is 1. The Morgan fingerprint density at radius 1 is 1.46 bits per heavy atom. The first-order valence-electron chi connectivity index (χ1n) is 8.85. The predicted molar refractivity (Wildman–Crippen MR) is 117 cm³/mol. The van der Waals surface area contributed by atoms with Crippen molar-refractivity contribution < 1.29 is 9.59 Å². The van der Waals surface area contributed by atoms with E-state index in [4.69, 9.17) is 11.5 Å². The molecule has 1 aromatic heterocycles. The normalized spacial score (nSPS) is 19.9. The van der Waals surface area contributed by atoms with Gasteiger partial charge in [0.25, 0.3) is 0 Å². The van der Waals surface area contributed by atoms with Gasteiger partial charge >= 0.3 is 6.03 Å². The van der Waals surface area contributed by atoms with Crippen LogP contribution in [0.25, 0.3) is 5.70 Å². The Bertz CT molecular complexity index is 804. The molecule has 0 aliphatic carbocycles. The first-order valence-corrected chi connectivity index (χ1v) is 10.6. The average Bonchev–Trinajstić information content (AvgIpc) is 3.15. The quantitative estimate of drug-likeness (QED) is 0.619. The summed E-state index contributed by atoms with van der Waals surface area (Å²) < 4.78 is 0. The number of likely N-dealkylation sites (N-methyl/N-ethyl adjacent to an activating group) is 1. The molecule has 1 aliphatic rings. The van der Waals surface area contributed by atoms with Crippen LogP contribution in [-0.2, 0) is 4.79 Å². The Kier molecular flexibility index (Phi) is 7.13. The van der Waals surface area contributed by atoms with E-state index in [-0.39, 0.29) is 6.03 Å². The van der Waals surface area contributed by atoms with Gasteiger partial charge in [-0.3, -0.25) is 10.1 Å². The third-order valence-electron chi connectivity index (χ3n) is 4.53. The summed E-state index contributed by atoms with van der Waals surface area (Å²) in [4.78, 5) is 34.1. The van der Waals surface area contributed by atoms with Crippen LogP contribution in [0.15, 0.2) is 16.9 Å². The highest BCUT2D eigenvalue weighted by atomic mass is 32.2. The number of nitrogens with two attached hydrogens (primary N) is 2. The van der Waals surface area contributed by atoms with Gasteiger partial charge in [0.15, 0.2) is 5.13 Å². The van der Waals surface area contributed by atoms with Crippen LogP contribution in [0, 0.1) is 6.92 Å². The zero-order valence-corrected chi connectivity index (χ0v) is 18.4. The molecule has 1 aliphatic heterocycles.